The molecule has 0 aliphatic carbocycles. The van der Waals surface area contributed by atoms with E-state index in [0.29, 0.717) is 33.4 Å². The number of hydrogen-bond donors (Lipinski definition) is 2. The highest BCUT2D eigenvalue weighted by atomic mass is 35.5. The molecule has 2 aromatic carbocycles. The standard InChI is InChI=1S/C21H18ClN3O4/c1-2-28-21(27)16-11-13(7-9-17(16)22)19-10-8-14(29-19)12-24-25-20(26)15-5-3-4-6-18(15)23/h3-12H,2,23H2,1H3,(H,25,26)/b24-12+. The number of nitrogens with one attached hydrogen (secondary N) is 1. The molecule has 29 heavy (non-hydrogen) atoms. The van der Waals surface area contributed by atoms with E-state index >= 15 is 0 Å². The van der Waals surface area contributed by atoms with E-state index in [1.807, 2.05) is 0 Å². The van der Waals surface area contributed by atoms with Crippen molar-refractivity contribution in [2.45, 2.75) is 6.92 Å². The van der Waals surface area contributed by atoms with E-state index in [-0.39, 0.29) is 12.2 Å². The zero-order valence-electron chi connectivity index (χ0n) is 15.5. The van der Waals surface area contributed by atoms with Gasteiger partial charge in [0.05, 0.1) is 29.0 Å². The molecule has 1 aromatic heterocycles. The zero-order valence-corrected chi connectivity index (χ0v) is 16.3. The number of nitrogens with two attached hydrogens (primary N) is 1. The first kappa shape index (κ1) is 20.2. The number of furan rings is 1. The van der Waals surface area contributed by atoms with Crippen molar-refractivity contribution in [1.29, 1.82) is 0 Å². The Balaban J connectivity index is 1.72. The van der Waals surface area contributed by atoms with Crippen LogP contribution in [0, 0.1) is 0 Å². The summed E-state index contributed by atoms with van der Waals surface area (Å²) in [5, 5.41) is 4.18. The van der Waals surface area contributed by atoms with Crippen LogP contribution in [-0.2, 0) is 4.74 Å². The number of rotatable bonds is 6. The first-order valence-corrected chi connectivity index (χ1v) is 9.12. The quantitative estimate of drug-likeness (QED) is 0.274. The molecule has 0 bridgehead atoms. The second-order valence-corrected chi connectivity index (χ2v) is 6.31. The van der Waals surface area contributed by atoms with Gasteiger partial charge in [0.2, 0.25) is 0 Å². The average molecular weight is 412 g/mol. The molecule has 0 saturated heterocycles. The number of anilines is 1. The number of carbonyl (C=O) groups is 2. The molecule has 7 nitrogen and oxygen atoms in total. The Morgan fingerprint density at radius 1 is 1.17 bits per heavy atom. The summed E-state index contributed by atoms with van der Waals surface area (Å²) in [6, 6.07) is 15.0. The number of amides is 1. The van der Waals surface area contributed by atoms with Gasteiger partial charge in [-0.3, -0.25) is 4.79 Å². The lowest BCUT2D eigenvalue weighted by atomic mass is 10.1. The van der Waals surface area contributed by atoms with Gasteiger partial charge in [0.25, 0.3) is 5.91 Å². The maximum atomic E-state index is 12.1. The molecule has 0 spiro atoms. The van der Waals surface area contributed by atoms with E-state index in [2.05, 4.69) is 10.5 Å². The van der Waals surface area contributed by atoms with E-state index in [1.165, 1.54) is 6.21 Å². The largest absolute Gasteiger partial charge is 0.462 e. The molecule has 0 unspecified atom stereocenters. The molecule has 1 amide bonds. The van der Waals surface area contributed by atoms with Crippen LogP contribution in [-0.4, -0.2) is 24.7 Å². The van der Waals surface area contributed by atoms with Gasteiger partial charge in [-0.15, -0.1) is 0 Å². The maximum absolute atomic E-state index is 12.1. The second-order valence-electron chi connectivity index (χ2n) is 5.90. The number of hydrogen-bond acceptors (Lipinski definition) is 6. The number of esters is 1. The normalized spacial score (nSPS) is 10.8. The number of para-hydroxylation sites is 1. The zero-order chi connectivity index (χ0) is 20.8. The number of benzene rings is 2. The van der Waals surface area contributed by atoms with Gasteiger partial charge in [-0.05, 0) is 49.4 Å². The third-order valence-electron chi connectivity index (χ3n) is 3.94. The van der Waals surface area contributed by atoms with Gasteiger partial charge >= 0.3 is 5.97 Å². The van der Waals surface area contributed by atoms with Gasteiger partial charge in [-0.1, -0.05) is 23.7 Å². The smallest absolute Gasteiger partial charge is 0.339 e. The van der Waals surface area contributed by atoms with Gasteiger partial charge in [-0.25, -0.2) is 10.2 Å². The molecule has 0 aliphatic heterocycles. The third kappa shape index (κ3) is 4.83. The van der Waals surface area contributed by atoms with Gasteiger partial charge in [0.15, 0.2) is 0 Å². The maximum Gasteiger partial charge on any atom is 0.339 e. The molecule has 0 aliphatic rings. The SMILES string of the molecule is CCOC(=O)c1cc(-c2ccc(/C=N/NC(=O)c3ccccc3N)o2)ccc1Cl. The summed E-state index contributed by atoms with van der Waals surface area (Å²) < 4.78 is 10.7. The highest BCUT2D eigenvalue weighted by Gasteiger charge is 2.14. The van der Waals surface area contributed by atoms with E-state index in [0.717, 1.165) is 0 Å². The van der Waals surface area contributed by atoms with Crippen LogP contribution in [0.25, 0.3) is 11.3 Å². The Labute approximate surface area is 172 Å². The lowest BCUT2D eigenvalue weighted by Crippen LogP contribution is -2.18. The van der Waals surface area contributed by atoms with Crippen LogP contribution in [0.5, 0.6) is 0 Å². The molecule has 3 rings (SSSR count). The molecule has 8 heteroatoms. The van der Waals surface area contributed by atoms with Crippen LogP contribution in [0.4, 0.5) is 5.69 Å². The number of halogens is 1. The summed E-state index contributed by atoms with van der Waals surface area (Å²) in [7, 11) is 0. The molecule has 0 atom stereocenters. The molecule has 3 aromatic rings. The minimum absolute atomic E-state index is 0.251. The first-order chi connectivity index (χ1) is 14.0. The van der Waals surface area contributed by atoms with E-state index in [9.17, 15) is 9.59 Å². The van der Waals surface area contributed by atoms with Crippen LogP contribution in [0.15, 0.2) is 64.1 Å². The second kappa shape index (κ2) is 9.07. The van der Waals surface area contributed by atoms with Crippen LogP contribution < -0.4 is 11.2 Å². The Kier molecular flexibility index (Phi) is 6.31. The summed E-state index contributed by atoms with van der Waals surface area (Å²) in [6.45, 7) is 1.97. The number of nitrogen functional groups attached to an aromatic ring is 1. The van der Waals surface area contributed by atoms with Gasteiger partial charge in [0, 0.05) is 11.3 Å². The monoisotopic (exact) mass is 411 g/mol. The predicted octanol–water partition coefficient (Wildman–Crippen LogP) is 4.12. The Bertz CT molecular complexity index is 1080. The fourth-order valence-electron chi connectivity index (χ4n) is 2.54. The first-order valence-electron chi connectivity index (χ1n) is 8.74. The highest BCUT2D eigenvalue weighted by Crippen LogP contribution is 2.27. The van der Waals surface area contributed by atoms with Gasteiger partial charge in [0.1, 0.15) is 11.5 Å². The molecular weight excluding hydrogens is 394 g/mol. The fourth-order valence-corrected chi connectivity index (χ4v) is 2.73. The molecule has 0 radical (unpaired) electrons. The summed E-state index contributed by atoms with van der Waals surface area (Å²) in [6.07, 6.45) is 1.36. The van der Waals surface area contributed by atoms with E-state index < -0.39 is 11.9 Å². The topological polar surface area (TPSA) is 107 Å². The molecule has 0 fully saturated rings. The lowest BCUT2D eigenvalue weighted by Gasteiger charge is -2.05. The number of nitrogens with zero attached hydrogens (tertiary/aromatic N) is 1. The van der Waals surface area contributed by atoms with E-state index in [1.54, 1.807) is 61.5 Å². The fraction of sp³-hybridized carbons (Fsp3) is 0.0952. The summed E-state index contributed by atoms with van der Waals surface area (Å²) in [4.78, 5) is 24.1. The number of carbonyl (C=O) groups excluding carboxylic acids is 2. The van der Waals surface area contributed by atoms with Crippen molar-refractivity contribution in [1.82, 2.24) is 5.43 Å². The summed E-state index contributed by atoms with van der Waals surface area (Å²) >= 11 is 6.08. The average Bonchev–Trinajstić information content (AvgIpc) is 3.17. The van der Waals surface area contributed by atoms with Crippen molar-refractivity contribution >= 4 is 35.4 Å². The minimum atomic E-state index is -0.504. The van der Waals surface area contributed by atoms with Crippen LogP contribution in [0.3, 0.4) is 0 Å². The minimum Gasteiger partial charge on any atom is -0.462 e. The lowest BCUT2D eigenvalue weighted by molar-refractivity contribution is 0.0526. The molecule has 0 saturated carbocycles. The van der Waals surface area contributed by atoms with Crippen molar-refractivity contribution in [2.75, 3.05) is 12.3 Å². The van der Waals surface area contributed by atoms with Crippen molar-refractivity contribution < 1.29 is 18.7 Å². The van der Waals surface area contributed by atoms with Crippen LogP contribution in [0.2, 0.25) is 5.02 Å². The summed E-state index contributed by atoms with van der Waals surface area (Å²) in [5.74, 6) is -0.0141. The molecule has 148 valence electrons. The van der Waals surface area contributed by atoms with Crippen molar-refractivity contribution in [3.8, 4) is 11.3 Å². The third-order valence-corrected chi connectivity index (χ3v) is 4.27. The summed E-state index contributed by atoms with van der Waals surface area (Å²) in [5.41, 5.74) is 9.75. The van der Waals surface area contributed by atoms with Crippen LogP contribution >= 0.6 is 11.6 Å². The van der Waals surface area contributed by atoms with Crippen molar-refractivity contribution in [3.05, 3.63) is 76.5 Å². The number of ether oxygens (including phenoxy) is 1. The number of hydrazone groups is 1. The molecule has 3 N–H and O–H groups in total. The van der Waals surface area contributed by atoms with Gasteiger partial charge < -0.3 is 14.9 Å². The molecule has 1 heterocycles. The van der Waals surface area contributed by atoms with Crippen LogP contribution in [0.1, 0.15) is 33.4 Å². The Morgan fingerprint density at radius 2 is 1.97 bits per heavy atom. The Hall–Kier alpha value is -3.58. The molecular formula is C21H18ClN3O4. The predicted molar refractivity (Wildman–Crippen MR) is 111 cm³/mol. The van der Waals surface area contributed by atoms with Crippen molar-refractivity contribution in [2.24, 2.45) is 5.10 Å². The highest BCUT2D eigenvalue weighted by molar-refractivity contribution is 6.33. The van der Waals surface area contributed by atoms with Gasteiger partial charge in [-0.2, -0.15) is 5.10 Å². The van der Waals surface area contributed by atoms with Crippen molar-refractivity contribution in [3.63, 3.8) is 0 Å². The van der Waals surface area contributed by atoms with E-state index in [4.69, 9.17) is 26.5 Å². The Morgan fingerprint density at radius 3 is 2.72 bits per heavy atom.